The van der Waals surface area contributed by atoms with Crippen LogP contribution in [0.4, 0.5) is 20.6 Å². The lowest BCUT2D eigenvalue weighted by Crippen LogP contribution is -2.36. The molecule has 2 N–H and O–H groups in total. The highest BCUT2D eigenvalue weighted by Crippen LogP contribution is 2.48. The van der Waals surface area contributed by atoms with E-state index in [0.29, 0.717) is 18.7 Å². The molecule has 1 heterocycles. The van der Waals surface area contributed by atoms with Crippen LogP contribution in [0.3, 0.4) is 0 Å². The van der Waals surface area contributed by atoms with Crippen LogP contribution in [0.25, 0.3) is 0 Å². The molecular formula is C18H17FN2O5. The number of halogens is 1. The van der Waals surface area contributed by atoms with Crippen molar-refractivity contribution in [2.75, 3.05) is 23.4 Å². The third-order valence-corrected chi connectivity index (χ3v) is 5.33. The third kappa shape index (κ3) is 2.61. The molecule has 136 valence electrons. The van der Waals surface area contributed by atoms with E-state index < -0.39 is 35.6 Å². The first-order valence-electron chi connectivity index (χ1n) is 8.41. The SMILES string of the molecule is O=C(Nc1cc(N2CCOC2=O)ccc1F)[C@@H]1[C@H](C(=O)O)[C@H]2C=C[C@H]1C2. The first-order valence-corrected chi connectivity index (χ1v) is 8.41. The predicted octanol–water partition coefficient (Wildman–Crippen LogP) is 2.24. The Kier molecular flexibility index (Phi) is 3.90. The van der Waals surface area contributed by atoms with Crippen LogP contribution in [0.5, 0.6) is 0 Å². The zero-order valence-corrected chi connectivity index (χ0v) is 13.7. The second-order valence-electron chi connectivity index (χ2n) is 6.76. The fourth-order valence-corrected chi connectivity index (χ4v) is 4.14. The van der Waals surface area contributed by atoms with Crippen molar-refractivity contribution >= 4 is 29.3 Å². The van der Waals surface area contributed by atoms with Crippen LogP contribution in [0.2, 0.25) is 0 Å². The van der Waals surface area contributed by atoms with Crippen molar-refractivity contribution in [1.82, 2.24) is 0 Å². The van der Waals surface area contributed by atoms with Crippen LogP contribution in [-0.4, -0.2) is 36.2 Å². The van der Waals surface area contributed by atoms with Crippen molar-refractivity contribution in [3.63, 3.8) is 0 Å². The standard InChI is InChI=1S/C18H17FN2O5/c19-12-4-3-11(21-5-6-26-18(21)25)8-13(12)20-16(22)14-9-1-2-10(7-9)15(14)17(23)24/h1-4,8-10,14-15H,5-7H2,(H,20,22)(H,23,24)/t9-,10-,14-,15+/m0/s1. The average Bonchev–Trinajstić information content (AvgIpc) is 3.32. The predicted molar refractivity (Wildman–Crippen MR) is 89.1 cm³/mol. The summed E-state index contributed by atoms with van der Waals surface area (Å²) in [6.45, 7) is 0.589. The van der Waals surface area contributed by atoms with Crippen LogP contribution in [-0.2, 0) is 14.3 Å². The lowest BCUT2D eigenvalue weighted by atomic mass is 9.82. The molecule has 26 heavy (non-hydrogen) atoms. The number of rotatable bonds is 4. The first kappa shape index (κ1) is 16.6. The smallest absolute Gasteiger partial charge is 0.414 e. The highest BCUT2D eigenvalue weighted by Gasteiger charge is 2.51. The van der Waals surface area contributed by atoms with E-state index in [4.69, 9.17) is 4.74 Å². The lowest BCUT2D eigenvalue weighted by Gasteiger charge is -2.24. The average molecular weight is 360 g/mol. The summed E-state index contributed by atoms with van der Waals surface area (Å²) in [7, 11) is 0. The number of carboxylic acids is 1. The molecule has 1 saturated carbocycles. The maximum absolute atomic E-state index is 14.2. The third-order valence-electron chi connectivity index (χ3n) is 5.33. The van der Waals surface area contributed by atoms with Gasteiger partial charge in [0.05, 0.1) is 24.1 Å². The van der Waals surface area contributed by atoms with E-state index in [1.807, 2.05) is 12.2 Å². The fourth-order valence-electron chi connectivity index (χ4n) is 4.14. The Balaban J connectivity index is 1.57. The largest absolute Gasteiger partial charge is 0.481 e. The Bertz CT molecular complexity index is 824. The van der Waals surface area contributed by atoms with Crippen molar-refractivity contribution in [2.45, 2.75) is 6.42 Å². The summed E-state index contributed by atoms with van der Waals surface area (Å²) in [6.07, 6.45) is 3.80. The maximum Gasteiger partial charge on any atom is 0.414 e. The minimum Gasteiger partial charge on any atom is -0.481 e. The molecule has 1 aromatic carbocycles. The van der Waals surface area contributed by atoms with Crippen LogP contribution < -0.4 is 10.2 Å². The van der Waals surface area contributed by atoms with Gasteiger partial charge in [-0.05, 0) is 36.5 Å². The molecule has 8 heteroatoms. The van der Waals surface area contributed by atoms with Gasteiger partial charge in [0.2, 0.25) is 5.91 Å². The minimum absolute atomic E-state index is 0.0805. The van der Waals surface area contributed by atoms with E-state index in [1.165, 1.54) is 17.0 Å². The van der Waals surface area contributed by atoms with Crippen molar-refractivity contribution in [2.24, 2.45) is 23.7 Å². The van der Waals surface area contributed by atoms with Crippen molar-refractivity contribution < 1.29 is 28.6 Å². The molecule has 1 saturated heterocycles. The minimum atomic E-state index is -1.02. The number of allylic oxidation sites excluding steroid dienone is 2. The quantitative estimate of drug-likeness (QED) is 0.803. The number of amides is 2. The number of carboxylic acid groups (broad SMARTS) is 1. The van der Waals surface area contributed by atoms with Gasteiger partial charge in [-0.2, -0.15) is 0 Å². The van der Waals surface area contributed by atoms with Gasteiger partial charge >= 0.3 is 12.1 Å². The number of cyclic esters (lactones) is 1. The molecule has 4 atom stereocenters. The second-order valence-corrected chi connectivity index (χ2v) is 6.76. The molecule has 0 spiro atoms. The number of aliphatic carboxylic acids is 1. The molecule has 0 unspecified atom stereocenters. The van der Waals surface area contributed by atoms with Crippen molar-refractivity contribution in [3.05, 3.63) is 36.2 Å². The Morgan fingerprint density at radius 3 is 2.62 bits per heavy atom. The molecule has 7 nitrogen and oxygen atoms in total. The molecule has 2 aliphatic carbocycles. The summed E-state index contributed by atoms with van der Waals surface area (Å²) in [6, 6.07) is 3.95. The molecule has 4 rings (SSSR count). The zero-order chi connectivity index (χ0) is 18.4. The highest BCUT2D eigenvalue weighted by molar-refractivity contribution is 5.97. The molecule has 0 radical (unpaired) electrons. The number of nitrogens with one attached hydrogen (secondary N) is 1. The molecular weight excluding hydrogens is 343 g/mol. The number of benzene rings is 1. The van der Waals surface area contributed by atoms with Gasteiger partial charge in [0.25, 0.3) is 0 Å². The number of carbonyl (C=O) groups excluding carboxylic acids is 2. The molecule has 2 fully saturated rings. The monoisotopic (exact) mass is 360 g/mol. The highest BCUT2D eigenvalue weighted by atomic mass is 19.1. The van der Waals surface area contributed by atoms with E-state index in [-0.39, 0.29) is 24.1 Å². The van der Waals surface area contributed by atoms with Crippen LogP contribution in [0, 0.1) is 29.5 Å². The molecule has 3 aliphatic rings. The summed E-state index contributed by atoms with van der Waals surface area (Å²) in [5, 5.41) is 12.0. The number of hydrogen-bond acceptors (Lipinski definition) is 4. The summed E-state index contributed by atoms with van der Waals surface area (Å²) in [5.41, 5.74) is 0.329. The van der Waals surface area contributed by atoms with Gasteiger partial charge in [0, 0.05) is 5.69 Å². The number of fused-ring (bicyclic) bond motifs is 2. The van der Waals surface area contributed by atoms with Gasteiger partial charge < -0.3 is 15.2 Å². The zero-order valence-electron chi connectivity index (χ0n) is 13.7. The summed E-state index contributed by atoms with van der Waals surface area (Å²) >= 11 is 0. The number of nitrogens with zero attached hydrogens (tertiary/aromatic N) is 1. The van der Waals surface area contributed by atoms with Crippen LogP contribution in [0.1, 0.15) is 6.42 Å². The van der Waals surface area contributed by atoms with Gasteiger partial charge in [-0.15, -0.1) is 0 Å². The molecule has 1 aromatic rings. The topological polar surface area (TPSA) is 95.9 Å². The van der Waals surface area contributed by atoms with E-state index in [1.54, 1.807) is 0 Å². The van der Waals surface area contributed by atoms with Crippen molar-refractivity contribution in [3.8, 4) is 0 Å². The Hall–Kier alpha value is -2.90. The van der Waals surface area contributed by atoms with E-state index in [2.05, 4.69) is 5.32 Å². The fraction of sp³-hybridized carbons (Fsp3) is 0.389. The summed E-state index contributed by atoms with van der Waals surface area (Å²) in [5.74, 6) is -4.04. The van der Waals surface area contributed by atoms with Gasteiger partial charge in [-0.3, -0.25) is 14.5 Å². The number of hydrogen-bond donors (Lipinski definition) is 2. The molecule has 2 bridgehead atoms. The Morgan fingerprint density at radius 2 is 1.96 bits per heavy atom. The number of carbonyl (C=O) groups is 3. The summed E-state index contributed by atoms with van der Waals surface area (Å²) < 4.78 is 19.0. The van der Waals surface area contributed by atoms with Crippen LogP contribution in [0.15, 0.2) is 30.4 Å². The van der Waals surface area contributed by atoms with Gasteiger partial charge in [0.15, 0.2) is 0 Å². The van der Waals surface area contributed by atoms with Gasteiger partial charge in [0.1, 0.15) is 12.4 Å². The summed E-state index contributed by atoms with van der Waals surface area (Å²) in [4.78, 5) is 37.2. The maximum atomic E-state index is 14.2. The van der Waals surface area contributed by atoms with E-state index in [0.717, 1.165) is 6.07 Å². The van der Waals surface area contributed by atoms with E-state index >= 15 is 0 Å². The molecule has 1 aliphatic heterocycles. The van der Waals surface area contributed by atoms with Crippen molar-refractivity contribution in [1.29, 1.82) is 0 Å². The van der Waals surface area contributed by atoms with Gasteiger partial charge in [-0.25, -0.2) is 9.18 Å². The lowest BCUT2D eigenvalue weighted by molar-refractivity contribution is -0.146. The number of anilines is 2. The normalized spacial score (nSPS) is 29.1. The second kappa shape index (κ2) is 6.12. The molecule has 0 aromatic heterocycles. The van der Waals surface area contributed by atoms with Gasteiger partial charge in [-0.1, -0.05) is 12.2 Å². The number of ether oxygens (including phenoxy) is 1. The Morgan fingerprint density at radius 1 is 1.23 bits per heavy atom. The molecule has 2 amide bonds. The van der Waals surface area contributed by atoms with Crippen LogP contribution >= 0.6 is 0 Å². The first-order chi connectivity index (χ1) is 12.5. The Labute approximate surface area is 148 Å². The van der Waals surface area contributed by atoms with E-state index in [9.17, 15) is 23.9 Å².